The Morgan fingerprint density at radius 1 is 1.44 bits per heavy atom. The smallest absolute Gasteiger partial charge is 0.407 e. The Labute approximate surface area is 108 Å². The number of amides is 1. The predicted octanol–water partition coefficient (Wildman–Crippen LogP) is 2.93. The molecule has 4 heteroatoms. The highest BCUT2D eigenvalue weighted by molar-refractivity contribution is 5.68. The van der Waals surface area contributed by atoms with Gasteiger partial charge in [0.15, 0.2) is 0 Å². The van der Waals surface area contributed by atoms with Crippen molar-refractivity contribution in [2.24, 2.45) is 0 Å². The normalized spacial score (nSPS) is 11.6. The lowest BCUT2D eigenvalue weighted by atomic mass is 10.2. The molecule has 0 bridgehead atoms. The molecule has 0 aliphatic heterocycles. The summed E-state index contributed by atoms with van der Waals surface area (Å²) in [5.41, 5.74) is 1.53. The fraction of sp³-hybridized carbons (Fsp3) is 0.429. The molecule has 0 aliphatic rings. The fourth-order valence-corrected chi connectivity index (χ4v) is 1.23. The summed E-state index contributed by atoms with van der Waals surface area (Å²) in [5, 5.41) is 2.65. The van der Waals surface area contributed by atoms with Gasteiger partial charge in [0.2, 0.25) is 0 Å². The number of nitrogens with zero attached hydrogens (tertiary/aromatic N) is 1. The summed E-state index contributed by atoms with van der Waals surface area (Å²) >= 11 is 0. The monoisotopic (exact) mass is 248 g/mol. The van der Waals surface area contributed by atoms with E-state index in [4.69, 9.17) is 4.74 Å². The molecule has 0 fully saturated rings. The highest BCUT2D eigenvalue weighted by Gasteiger charge is 2.14. The minimum absolute atomic E-state index is 0.408. The topological polar surface area (TPSA) is 51.2 Å². The molecular formula is C14H20N2O2. The molecule has 1 amide bonds. The molecule has 0 atom stereocenters. The number of rotatable bonds is 3. The van der Waals surface area contributed by atoms with Crippen molar-refractivity contribution in [2.45, 2.75) is 33.3 Å². The molecular weight excluding hydrogens is 228 g/mol. The van der Waals surface area contributed by atoms with Crippen LogP contribution >= 0.6 is 0 Å². The van der Waals surface area contributed by atoms with Gasteiger partial charge < -0.3 is 10.1 Å². The van der Waals surface area contributed by atoms with E-state index >= 15 is 0 Å². The van der Waals surface area contributed by atoms with Crippen LogP contribution in [-0.2, 0) is 4.74 Å². The number of alkyl carbamates (subject to hydrolysis) is 1. The van der Waals surface area contributed by atoms with Crippen LogP contribution in [0.2, 0.25) is 0 Å². The largest absolute Gasteiger partial charge is 0.444 e. The van der Waals surface area contributed by atoms with Crippen LogP contribution in [0.15, 0.2) is 24.4 Å². The van der Waals surface area contributed by atoms with E-state index in [1.165, 1.54) is 0 Å². The van der Waals surface area contributed by atoms with Crippen molar-refractivity contribution in [3.63, 3.8) is 0 Å². The van der Waals surface area contributed by atoms with Gasteiger partial charge in [-0.25, -0.2) is 4.79 Å². The molecule has 0 unspecified atom stereocenters. The van der Waals surface area contributed by atoms with Crippen LogP contribution in [0.1, 0.15) is 32.0 Å². The third-order valence-electron chi connectivity index (χ3n) is 2.01. The van der Waals surface area contributed by atoms with E-state index in [9.17, 15) is 4.79 Å². The average Bonchev–Trinajstić information content (AvgIpc) is 2.24. The van der Waals surface area contributed by atoms with E-state index in [0.717, 1.165) is 11.3 Å². The van der Waals surface area contributed by atoms with Gasteiger partial charge in [-0.05, 0) is 39.3 Å². The van der Waals surface area contributed by atoms with Crippen molar-refractivity contribution in [1.29, 1.82) is 0 Å². The Balaban J connectivity index is 2.33. The summed E-state index contributed by atoms with van der Waals surface area (Å²) in [7, 11) is 0. The number of nitrogens with one attached hydrogen (secondary N) is 1. The van der Waals surface area contributed by atoms with Gasteiger partial charge in [0.05, 0.1) is 0 Å². The van der Waals surface area contributed by atoms with E-state index in [-0.39, 0.29) is 0 Å². The van der Waals surface area contributed by atoms with Crippen LogP contribution in [0.3, 0.4) is 0 Å². The summed E-state index contributed by atoms with van der Waals surface area (Å²) in [5.74, 6) is 0. The third kappa shape index (κ3) is 6.03. The van der Waals surface area contributed by atoms with Crippen LogP contribution in [0.4, 0.5) is 4.79 Å². The van der Waals surface area contributed by atoms with Crippen molar-refractivity contribution in [2.75, 3.05) is 6.54 Å². The van der Waals surface area contributed by atoms with Crippen LogP contribution in [0, 0.1) is 6.92 Å². The molecule has 1 heterocycles. The lowest BCUT2D eigenvalue weighted by molar-refractivity contribution is 0.0534. The Bertz CT molecular complexity index is 416. The highest BCUT2D eigenvalue weighted by atomic mass is 16.6. The van der Waals surface area contributed by atoms with Crippen LogP contribution in [0.5, 0.6) is 0 Å². The lowest BCUT2D eigenvalue weighted by Gasteiger charge is -2.19. The zero-order valence-corrected chi connectivity index (χ0v) is 11.4. The molecule has 1 rings (SSSR count). The Morgan fingerprint density at radius 3 is 2.72 bits per heavy atom. The third-order valence-corrected chi connectivity index (χ3v) is 2.01. The molecule has 0 spiro atoms. The molecule has 4 nitrogen and oxygen atoms in total. The zero-order valence-electron chi connectivity index (χ0n) is 11.4. The van der Waals surface area contributed by atoms with Crippen molar-refractivity contribution >= 4 is 12.2 Å². The number of carbonyl (C=O) groups excluding carboxylic acids is 1. The summed E-state index contributed by atoms with van der Waals surface area (Å²) < 4.78 is 5.11. The predicted molar refractivity (Wildman–Crippen MR) is 72.2 cm³/mol. The second-order valence-electron chi connectivity index (χ2n) is 5.02. The maximum absolute atomic E-state index is 11.3. The van der Waals surface area contributed by atoms with Gasteiger partial charge in [-0.3, -0.25) is 4.98 Å². The van der Waals surface area contributed by atoms with Gasteiger partial charge in [0.25, 0.3) is 0 Å². The van der Waals surface area contributed by atoms with Gasteiger partial charge in [-0.2, -0.15) is 0 Å². The Morgan fingerprint density at radius 2 is 2.17 bits per heavy atom. The SMILES string of the molecule is Cc1ccc(C=CCNC(=O)OC(C)(C)C)cn1. The van der Waals surface area contributed by atoms with Crippen LogP contribution in [-0.4, -0.2) is 23.2 Å². The van der Waals surface area contributed by atoms with Crippen LogP contribution in [0.25, 0.3) is 6.08 Å². The molecule has 98 valence electrons. The Kier molecular flexibility index (Phi) is 4.89. The number of carbonyl (C=O) groups is 1. The molecule has 0 aliphatic carbocycles. The molecule has 0 aromatic carbocycles. The summed E-state index contributed by atoms with van der Waals surface area (Å²) in [6.07, 6.45) is 5.15. The maximum Gasteiger partial charge on any atom is 0.407 e. The van der Waals surface area contributed by atoms with Gasteiger partial charge in [-0.1, -0.05) is 18.2 Å². The van der Waals surface area contributed by atoms with Crippen molar-refractivity contribution in [3.8, 4) is 0 Å². The van der Waals surface area contributed by atoms with E-state index < -0.39 is 11.7 Å². The first-order valence-corrected chi connectivity index (χ1v) is 5.93. The first-order valence-electron chi connectivity index (χ1n) is 5.93. The second kappa shape index (κ2) is 6.19. The average molecular weight is 248 g/mol. The van der Waals surface area contributed by atoms with Crippen LogP contribution < -0.4 is 5.32 Å². The van der Waals surface area contributed by atoms with Gasteiger partial charge in [0, 0.05) is 18.4 Å². The second-order valence-corrected chi connectivity index (χ2v) is 5.02. The number of pyridine rings is 1. The molecule has 0 saturated carbocycles. The van der Waals surface area contributed by atoms with Crippen molar-refractivity contribution < 1.29 is 9.53 Å². The van der Waals surface area contributed by atoms with Gasteiger partial charge in [-0.15, -0.1) is 0 Å². The molecule has 1 aromatic rings. The fourth-order valence-electron chi connectivity index (χ4n) is 1.23. The zero-order chi connectivity index (χ0) is 13.6. The van der Waals surface area contributed by atoms with Crippen molar-refractivity contribution in [3.05, 3.63) is 35.7 Å². The van der Waals surface area contributed by atoms with E-state index in [0.29, 0.717) is 6.54 Å². The molecule has 1 N–H and O–H groups in total. The number of aromatic nitrogens is 1. The minimum Gasteiger partial charge on any atom is -0.444 e. The number of aryl methyl sites for hydroxylation is 1. The van der Waals surface area contributed by atoms with Gasteiger partial charge >= 0.3 is 6.09 Å². The van der Waals surface area contributed by atoms with Gasteiger partial charge in [0.1, 0.15) is 5.60 Å². The number of hydrogen-bond donors (Lipinski definition) is 1. The van der Waals surface area contributed by atoms with E-state index in [1.54, 1.807) is 6.20 Å². The Hall–Kier alpha value is -1.84. The quantitative estimate of drug-likeness (QED) is 0.894. The highest BCUT2D eigenvalue weighted by Crippen LogP contribution is 2.06. The standard InChI is InChI=1S/C14H20N2O2/c1-11-7-8-12(10-16-11)6-5-9-15-13(17)18-14(2,3)4/h5-8,10H,9H2,1-4H3,(H,15,17). The minimum atomic E-state index is -0.464. The first-order chi connectivity index (χ1) is 8.37. The molecule has 0 saturated heterocycles. The van der Waals surface area contributed by atoms with Crippen molar-refractivity contribution in [1.82, 2.24) is 10.3 Å². The van der Waals surface area contributed by atoms with E-state index in [1.807, 2.05) is 52.0 Å². The number of ether oxygens (including phenoxy) is 1. The lowest BCUT2D eigenvalue weighted by Crippen LogP contribution is -2.32. The summed E-state index contributed by atoms with van der Waals surface area (Å²) in [4.78, 5) is 15.5. The molecule has 0 radical (unpaired) electrons. The first kappa shape index (κ1) is 14.2. The molecule has 18 heavy (non-hydrogen) atoms. The number of hydrogen-bond acceptors (Lipinski definition) is 3. The van der Waals surface area contributed by atoms with E-state index in [2.05, 4.69) is 10.3 Å². The maximum atomic E-state index is 11.3. The summed E-state index contributed by atoms with van der Waals surface area (Å²) in [6, 6.07) is 3.92. The summed E-state index contributed by atoms with van der Waals surface area (Å²) in [6.45, 7) is 7.88. The molecule has 1 aromatic heterocycles.